The highest BCUT2D eigenvalue weighted by molar-refractivity contribution is 5.93. The first-order valence-electron chi connectivity index (χ1n) is 6.80. The summed E-state index contributed by atoms with van der Waals surface area (Å²) in [5, 5.41) is 6.15. The molecule has 0 radical (unpaired) electrons. The van der Waals surface area contributed by atoms with E-state index in [9.17, 15) is 4.79 Å². The quantitative estimate of drug-likeness (QED) is 0.728. The van der Waals surface area contributed by atoms with Crippen LogP contribution in [0.25, 0.3) is 0 Å². The second-order valence-corrected chi connectivity index (χ2v) is 4.83. The highest BCUT2D eigenvalue weighted by Gasteiger charge is 2.29. The Bertz CT molecular complexity index is 385. The van der Waals surface area contributed by atoms with E-state index in [-0.39, 0.29) is 11.8 Å². The summed E-state index contributed by atoms with van der Waals surface area (Å²) >= 11 is 0. The van der Waals surface area contributed by atoms with Gasteiger partial charge in [-0.1, -0.05) is 19.8 Å². The van der Waals surface area contributed by atoms with E-state index in [2.05, 4.69) is 22.5 Å². The molecular weight excluding hydrogens is 226 g/mol. The van der Waals surface area contributed by atoms with Crippen molar-refractivity contribution in [3.63, 3.8) is 0 Å². The molecule has 1 aliphatic carbocycles. The van der Waals surface area contributed by atoms with E-state index in [1.165, 1.54) is 19.3 Å². The van der Waals surface area contributed by atoms with Gasteiger partial charge in [0.25, 0.3) is 0 Å². The van der Waals surface area contributed by atoms with E-state index in [1.54, 1.807) is 6.20 Å². The molecule has 98 valence electrons. The van der Waals surface area contributed by atoms with Crippen LogP contribution in [0.2, 0.25) is 0 Å². The van der Waals surface area contributed by atoms with E-state index >= 15 is 0 Å². The zero-order chi connectivity index (χ0) is 12.8. The molecular formula is C14H21N3O. The van der Waals surface area contributed by atoms with Gasteiger partial charge in [0, 0.05) is 12.5 Å². The average molecular weight is 247 g/mol. The maximum absolute atomic E-state index is 11.5. The molecule has 4 heteroatoms. The first-order chi connectivity index (χ1) is 8.79. The van der Waals surface area contributed by atoms with Crippen molar-refractivity contribution in [3.05, 3.63) is 18.3 Å². The molecule has 1 aromatic rings. The molecule has 0 aromatic carbocycles. The summed E-state index contributed by atoms with van der Waals surface area (Å²) in [4.78, 5) is 15.8. The van der Waals surface area contributed by atoms with Gasteiger partial charge in [-0.05, 0) is 31.4 Å². The van der Waals surface area contributed by atoms with Gasteiger partial charge in [-0.15, -0.1) is 0 Å². The van der Waals surface area contributed by atoms with Crippen molar-refractivity contribution in [1.82, 2.24) is 4.98 Å². The molecule has 1 fully saturated rings. The summed E-state index contributed by atoms with van der Waals surface area (Å²) in [6.45, 7) is 3.14. The Morgan fingerprint density at radius 1 is 1.39 bits per heavy atom. The predicted molar refractivity (Wildman–Crippen MR) is 73.6 cm³/mol. The predicted octanol–water partition coefficient (Wildman–Crippen LogP) is 3.03. The normalized spacial score (nSPS) is 14.3. The Morgan fingerprint density at radius 2 is 2.22 bits per heavy atom. The van der Waals surface area contributed by atoms with Gasteiger partial charge in [0.1, 0.15) is 5.82 Å². The van der Waals surface area contributed by atoms with E-state index in [0.29, 0.717) is 0 Å². The number of rotatable bonds is 7. The number of hydrogen-bond donors (Lipinski definition) is 2. The van der Waals surface area contributed by atoms with Crippen molar-refractivity contribution < 1.29 is 4.79 Å². The summed E-state index contributed by atoms with van der Waals surface area (Å²) < 4.78 is 0. The third kappa shape index (κ3) is 4.02. The van der Waals surface area contributed by atoms with Crippen LogP contribution in [0.5, 0.6) is 0 Å². The number of carbonyl (C=O) groups is 1. The second-order valence-electron chi connectivity index (χ2n) is 4.83. The van der Waals surface area contributed by atoms with Gasteiger partial charge >= 0.3 is 0 Å². The number of hydrogen-bond acceptors (Lipinski definition) is 3. The Morgan fingerprint density at radius 3 is 2.83 bits per heavy atom. The largest absolute Gasteiger partial charge is 0.370 e. The SMILES string of the molecule is CCCCCNc1ccc(NC(=O)C2CC2)cn1. The molecule has 2 N–H and O–H groups in total. The number of carbonyl (C=O) groups excluding carboxylic acids is 1. The Hall–Kier alpha value is -1.58. The minimum absolute atomic E-state index is 0.125. The van der Waals surface area contributed by atoms with Crippen molar-refractivity contribution >= 4 is 17.4 Å². The summed E-state index contributed by atoms with van der Waals surface area (Å²) in [6, 6.07) is 3.81. The lowest BCUT2D eigenvalue weighted by Gasteiger charge is -2.07. The lowest BCUT2D eigenvalue weighted by atomic mass is 10.2. The Kier molecular flexibility index (Phi) is 4.56. The monoisotopic (exact) mass is 247 g/mol. The van der Waals surface area contributed by atoms with Crippen LogP contribution in [-0.4, -0.2) is 17.4 Å². The number of unbranched alkanes of at least 4 members (excludes halogenated alkanes) is 2. The van der Waals surface area contributed by atoms with Gasteiger partial charge in [0.05, 0.1) is 11.9 Å². The first kappa shape index (κ1) is 12.9. The molecule has 2 rings (SSSR count). The molecule has 0 spiro atoms. The fourth-order valence-electron chi connectivity index (χ4n) is 1.75. The van der Waals surface area contributed by atoms with Crippen LogP contribution in [0.15, 0.2) is 18.3 Å². The van der Waals surface area contributed by atoms with Gasteiger partial charge < -0.3 is 10.6 Å². The topological polar surface area (TPSA) is 54.0 Å². The van der Waals surface area contributed by atoms with Gasteiger partial charge in [-0.2, -0.15) is 0 Å². The van der Waals surface area contributed by atoms with Crippen molar-refractivity contribution in [2.45, 2.75) is 39.0 Å². The Labute approximate surface area is 108 Å². The molecule has 0 aliphatic heterocycles. The minimum atomic E-state index is 0.125. The van der Waals surface area contributed by atoms with Crippen LogP contribution >= 0.6 is 0 Å². The third-order valence-electron chi connectivity index (χ3n) is 3.07. The van der Waals surface area contributed by atoms with E-state index < -0.39 is 0 Å². The molecule has 1 saturated carbocycles. The number of nitrogens with zero attached hydrogens (tertiary/aromatic N) is 1. The molecule has 0 unspecified atom stereocenters. The molecule has 18 heavy (non-hydrogen) atoms. The summed E-state index contributed by atoms with van der Waals surface area (Å²) in [5.74, 6) is 1.23. The van der Waals surface area contributed by atoms with E-state index in [0.717, 1.165) is 30.9 Å². The average Bonchev–Trinajstić information content (AvgIpc) is 3.21. The highest BCUT2D eigenvalue weighted by Crippen LogP contribution is 2.30. The molecule has 1 aromatic heterocycles. The van der Waals surface area contributed by atoms with Gasteiger partial charge in [0.2, 0.25) is 5.91 Å². The van der Waals surface area contributed by atoms with Gasteiger partial charge in [0.15, 0.2) is 0 Å². The lowest BCUT2D eigenvalue weighted by Crippen LogP contribution is -2.13. The van der Waals surface area contributed by atoms with Crippen LogP contribution < -0.4 is 10.6 Å². The van der Waals surface area contributed by atoms with Crippen LogP contribution in [0, 0.1) is 5.92 Å². The summed E-state index contributed by atoms with van der Waals surface area (Å²) in [5.41, 5.74) is 0.783. The second kappa shape index (κ2) is 6.38. The van der Waals surface area contributed by atoms with Crippen molar-refractivity contribution in [3.8, 4) is 0 Å². The standard InChI is InChI=1S/C14H21N3O/c1-2-3-4-9-15-13-8-7-12(10-16-13)17-14(18)11-5-6-11/h7-8,10-11H,2-6,9H2,1H3,(H,15,16)(H,17,18). The lowest BCUT2D eigenvalue weighted by molar-refractivity contribution is -0.117. The Balaban J connectivity index is 1.75. The van der Waals surface area contributed by atoms with Crippen LogP contribution in [0.1, 0.15) is 39.0 Å². The fourth-order valence-corrected chi connectivity index (χ4v) is 1.75. The molecule has 0 saturated heterocycles. The van der Waals surface area contributed by atoms with Gasteiger partial charge in [-0.25, -0.2) is 4.98 Å². The summed E-state index contributed by atoms with van der Waals surface area (Å²) in [7, 11) is 0. The smallest absolute Gasteiger partial charge is 0.227 e. The molecule has 1 heterocycles. The van der Waals surface area contributed by atoms with E-state index in [1.807, 2.05) is 12.1 Å². The third-order valence-corrected chi connectivity index (χ3v) is 3.07. The molecule has 4 nitrogen and oxygen atoms in total. The maximum atomic E-state index is 11.5. The minimum Gasteiger partial charge on any atom is -0.370 e. The number of anilines is 2. The first-order valence-corrected chi connectivity index (χ1v) is 6.80. The molecule has 1 amide bonds. The number of pyridine rings is 1. The number of amides is 1. The molecule has 0 bridgehead atoms. The van der Waals surface area contributed by atoms with Gasteiger partial charge in [-0.3, -0.25) is 4.79 Å². The van der Waals surface area contributed by atoms with E-state index in [4.69, 9.17) is 0 Å². The van der Waals surface area contributed by atoms with Crippen molar-refractivity contribution in [2.75, 3.05) is 17.2 Å². The van der Waals surface area contributed by atoms with Crippen LogP contribution in [0.4, 0.5) is 11.5 Å². The summed E-state index contributed by atoms with van der Waals surface area (Å²) in [6.07, 6.45) is 7.39. The number of nitrogens with one attached hydrogen (secondary N) is 2. The van der Waals surface area contributed by atoms with Crippen molar-refractivity contribution in [1.29, 1.82) is 0 Å². The highest BCUT2D eigenvalue weighted by atomic mass is 16.2. The number of aromatic nitrogens is 1. The molecule has 1 aliphatic rings. The molecule has 0 atom stereocenters. The van der Waals surface area contributed by atoms with Crippen molar-refractivity contribution in [2.24, 2.45) is 5.92 Å². The van der Waals surface area contributed by atoms with Crippen LogP contribution in [-0.2, 0) is 4.79 Å². The zero-order valence-electron chi connectivity index (χ0n) is 10.9. The maximum Gasteiger partial charge on any atom is 0.227 e. The zero-order valence-corrected chi connectivity index (χ0v) is 10.9. The van der Waals surface area contributed by atoms with Crippen LogP contribution in [0.3, 0.4) is 0 Å². The fraction of sp³-hybridized carbons (Fsp3) is 0.571.